The lowest BCUT2D eigenvalue weighted by Gasteiger charge is -2.23. The molecule has 0 spiro atoms. The molecule has 3 heteroatoms. The minimum atomic E-state index is 0.0358. The first-order valence-corrected chi connectivity index (χ1v) is 7.47. The van der Waals surface area contributed by atoms with Gasteiger partial charge in [-0.15, -0.1) is 0 Å². The molecule has 104 valence electrons. The number of halogens is 1. The van der Waals surface area contributed by atoms with Gasteiger partial charge in [-0.1, -0.05) is 28.1 Å². The molecule has 0 saturated heterocycles. The van der Waals surface area contributed by atoms with Gasteiger partial charge in [0.1, 0.15) is 0 Å². The molecule has 0 aliphatic rings. The molecule has 2 rings (SSSR count). The highest BCUT2D eigenvalue weighted by molar-refractivity contribution is 9.10. The molecule has 0 aliphatic carbocycles. The van der Waals surface area contributed by atoms with Crippen LogP contribution in [0.2, 0.25) is 0 Å². The SMILES string of the molecule is CCN(C(=O)c1ccc(Br)cc1)c1cc(C)ccc1C. The van der Waals surface area contributed by atoms with Gasteiger partial charge in [-0.05, 0) is 62.2 Å². The summed E-state index contributed by atoms with van der Waals surface area (Å²) in [6, 6.07) is 13.7. The van der Waals surface area contributed by atoms with Crippen molar-refractivity contribution in [3.8, 4) is 0 Å². The van der Waals surface area contributed by atoms with E-state index in [1.165, 1.54) is 0 Å². The van der Waals surface area contributed by atoms with E-state index in [1.54, 1.807) is 0 Å². The van der Waals surface area contributed by atoms with Crippen LogP contribution in [0.25, 0.3) is 0 Å². The van der Waals surface area contributed by atoms with E-state index in [4.69, 9.17) is 0 Å². The second-order valence-electron chi connectivity index (χ2n) is 4.85. The maximum Gasteiger partial charge on any atom is 0.258 e. The number of carbonyl (C=O) groups excluding carboxylic acids is 1. The number of rotatable bonds is 3. The summed E-state index contributed by atoms with van der Waals surface area (Å²) >= 11 is 3.39. The van der Waals surface area contributed by atoms with Gasteiger partial charge in [0, 0.05) is 22.3 Å². The second kappa shape index (κ2) is 6.23. The number of carbonyl (C=O) groups is 1. The van der Waals surface area contributed by atoms with Crippen LogP contribution in [0.15, 0.2) is 46.9 Å². The number of nitrogens with zero attached hydrogens (tertiary/aromatic N) is 1. The predicted molar refractivity (Wildman–Crippen MR) is 87.4 cm³/mol. The van der Waals surface area contributed by atoms with Crippen LogP contribution in [-0.2, 0) is 0 Å². The molecular formula is C17H18BrNO. The highest BCUT2D eigenvalue weighted by Crippen LogP contribution is 2.23. The largest absolute Gasteiger partial charge is 0.308 e. The third-order valence-corrected chi connectivity index (χ3v) is 3.84. The van der Waals surface area contributed by atoms with E-state index in [1.807, 2.05) is 49.9 Å². The molecule has 2 aromatic rings. The molecule has 0 radical (unpaired) electrons. The van der Waals surface area contributed by atoms with Crippen molar-refractivity contribution >= 4 is 27.5 Å². The summed E-state index contributed by atoms with van der Waals surface area (Å²) in [6.45, 7) is 6.73. The number of anilines is 1. The Morgan fingerprint density at radius 1 is 1.10 bits per heavy atom. The van der Waals surface area contributed by atoms with Crippen molar-refractivity contribution < 1.29 is 4.79 Å². The molecule has 0 atom stereocenters. The summed E-state index contributed by atoms with van der Waals surface area (Å²) in [6.07, 6.45) is 0. The fourth-order valence-corrected chi connectivity index (χ4v) is 2.45. The molecule has 0 aliphatic heterocycles. The summed E-state index contributed by atoms with van der Waals surface area (Å²) in [5.41, 5.74) is 3.96. The molecule has 1 amide bonds. The average molecular weight is 332 g/mol. The molecule has 2 nitrogen and oxygen atoms in total. The van der Waals surface area contributed by atoms with Crippen LogP contribution in [0, 0.1) is 13.8 Å². The molecule has 0 fully saturated rings. The zero-order valence-corrected chi connectivity index (χ0v) is 13.6. The van der Waals surface area contributed by atoms with Crippen molar-refractivity contribution in [1.82, 2.24) is 0 Å². The first-order valence-electron chi connectivity index (χ1n) is 6.67. The van der Waals surface area contributed by atoms with Gasteiger partial charge in [0.2, 0.25) is 0 Å². The first kappa shape index (κ1) is 14.8. The van der Waals surface area contributed by atoms with Crippen molar-refractivity contribution in [2.24, 2.45) is 0 Å². The number of aryl methyl sites for hydroxylation is 2. The summed E-state index contributed by atoms with van der Waals surface area (Å²) in [7, 11) is 0. The summed E-state index contributed by atoms with van der Waals surface area (Å²) in [5, 5.41) is 0. The Morgan fingerprint density at radius 2 is 1.75 bits per heavy atom. The maximum atomic E-state index is 12.7. The van der Waals surface area contributed by atoms with Gasteiger partial charge in [-0.2, -0.15) is 0 Å². The molecular weight excluding hydrogens is 314 g/mol. The van der Waals surface area contributed by atoms with E-state index < -0.39 is 0 Å². The van der Waals surface area contributed by atoms with Crippen molar-refractivity contribution in [1.29, 1.82) is 0 Å². The average Bonchev–Trinajstić information content (AvgIpc) is 2.44. The lowest BCUT2D eigenvalue weighted by atomic mass is 10.1. The van der Waals surface area contributed by atoms with Gasteiger partial charge in [-0.25, -0.2) is 0 Å². The smallest absolute Gasteiger partial charge is 0.258 e. The standard InChI is InChI=1S/C17H18BrNO/c1-4-19(16-11-12(2)5-6-13(16)3)17(20)14-7-9-15(18)10-8-14/h5-11H,4H2,1-3H3. The molecule has 0 N–H and O–H groups in total. The van der Waals surface area contributed by atoms with Crippen LogP contribution >= 0.6 is 15.9 Å². The Bertz CT molecular complexity index is 619. The van der Waals surface area contributed by atoms with Gasteiger partial charge < -0.3 is 4.90 Å². The lowest BCUT2D eigenvalue weighted by molar-refractivity contribution is 0.0988. The highest BCUT2D eigenvalue weighted by Gasteiger charge is 2.17. The van der Waals surface area contributed by atoms with E-state index in [0.717, 1.165) is 21.3 Å². The van der Waals surface area contributed by atoms with Gasteiger partial charge in [0.15, 0.2) is 0 Å². The van der Waals surface area contributed by atoms with Crippen LogP contribution in [0.1, 0.15) is 28.4 Å². The van der Waals surface area contributed by atoms with Gasteiger partial charge in [0.05, 0.1) is 0 Å². The van der Waals surface area contributed by atoms with Crippen molar-refractivity contribution in [3.63, 3.8) is 0 Å². The quantitative estimate of drug-likeness (QED) is 0.795. The monoisotopic (exact) mass is 331 g/mol. The minimum Gasteiger partial charge on any atom is -0.308 e. The van der Waals surface area contributed by atoms with Crippen LogP contribution in [-0.4, -0.2) is 12.5 Å². The Kier molecular flexibility index (Phi) is 4.61. The molecule has 0 bridgehead atoms. The molecule has 0 aromatic heterocycles. The number of hydrogen-bond donors (Lipinski definition) is 0. The van der Waals surface area contributed by atoms with Gasteiger partial charge in [0.25, 0.3) is 5.91 Å². The Morgan fingerprint density at radius 3 is 2.35 bits per heavy atom. The van der Waals surface area contributed by atoms with Gasteiger partial charge in [-0.3, -0.25) is 4.79 Å². The van der Waals surface area contributed by atoms with E-state index in [2.05, 4.69) is 34.1 Å². The topological polar surface area (TPSA) is 20.3 Å². The molecule has 0 heterocycles. The first-order chi connectivity index (χ1) is 9.52. The van der Waals surface area contributed by atoms with Gasteiger partial charge >= 0.3 is 0 Å². The van der Waals surface area contributed by atoms with Crippen LogP contribution in [0.4, 0.5) is 5.69 Å². The summed E-state index contributed by atoms with van der Waals surface area (Å²) in [5.74, 6) is 0.0358. The van der Waals surface area contributed by atoms with E-state index in [-0.39, 0.29) is 5.91 Å². The third-order valence-electron chi connectivity index (χ3n) is 3.31. The normalized spacial score (nSPS) is 10.4. The van der Waals surface area contributed by atoms with E-state index >= 15 is 0 Å². The Labute approximate surface area is 128 Å². The maximum absolute atomic E-state index is 12.7. The fourth-order valence-electron chi connectivity index (χ4n) is 2.18. The third kappa shape index (κ3) is 3.10. The zero-order chi connectivity index (χ0) is 14.7. The molecule has 2 aromatic carbocycles. The number of benzene rings is 2. The molecule has 0 saturated carbocycles. The van der Waals surface area contributed by atoms with Crippen molar-refractivity contribution in [2.45, 2.75) is 20.8 Å². The van der Waals surface area contributed by atoms with Crippen LogP contribution < -0.4 is 4.90 Å². The zero-order valence-electron chi connectivity index (χ0n) is 12.0. The number of amides is 1. The van der Waals surface area contributed by atoms with Crippen molar-refractivity contribution in [2.75, 3.05) is 11.4 Å². The fraction of sp³-hybridized carbons (Fsp3) is 0.235. The second-order valence-corrected chi connectivity index (χ2v) is 5.76. The lowest BCUT2D eigenvalue weighted by Crippen LogP contribution is -2.31. The van der Waals surface area contributed by atoms with E-state index in [9.17, 15) is 4.79 Å². The Hall–Kier alpha value is -1.61. The molecule has 20 heavy (non-hydrogen) atoms. The van der Waals surface area contributed by atoms with Crippen molar-refractivity contribution in [3.05, 3.63) is 63.6 Å². The summed E-state index contributed by atoms with van der Waals surface area (Å²) < 4.78 is 0.976. The minimum absolute atomic E-state index is 0.0358. The van der Waals surface area contributed by atoms with Crippen LogP contribution in [0.5, 0.6) is 0 Å². The van der Waals surface area contributed by atoms with E-state index in [0.29, 0.717) is 12.1 Å². The Balaban J connectivity index is 2.39. The highest BCUT2D eigenvalue weighted by atomic mass is 79.9. The predicted octanol–water partition coefficient (Wildman–Crippen LogP) is 4.73. The van der Waals surface area contributed by atoms with Crippen LogP contribution in [0.3, 0.4) is 0 Å². The molecule has 0 unspecified atom stereocenters. The summed E-state index contributed by atoms with van der Waals surface area (Å²) in [4.78, 5) is 14.5. The number of hydrogen-bond acceptors (Lipinski definition) is 1.